The normalized spacial score (nSPS) is 11.0. The van der Waals surface area contributed by atoms with E-state index in [1.165, 1.54) is 17.8 Å². The van der Waals surface area contributed by atoms with Crippen LogP contribution < -0.4 is 5.32 Å². The van der Waals surface area contributed by atoms with Crippen LogP contribution in [0.4, 0.5) is 14.7 Å². The summed E-state index contributed by atoms with van der Waals surface area (Å²) in [4.78, 5) is 13.0. The lowest BCUT2D eigenvalue weighted by Gasteiger charge is -2.00. The van der Waals surface area contributed by atoms with Gasteiger partial charge >= 0.3 is 6.55 Å². The number of halogens is 2. The molecule has 10 heteroatoms. The van der Waals surface area contributed by atoms with E-state index in [9.17, 15) is 13.6 Å². The molecule has 0 atom stereocenters. The Balaban J connectivity index is 2.13. The zero-order valence-corrected chi connectivity index (χ0v) is 10.2. The maximum absolute atomic E-state index is 12.5. The first-order chi connectivity index (χ1) is 9.01. The third-order valence-electron chi connectivity index (χ3n) is 2.30. The Bertz CT molecular complexity index is 591. The molecule has 0 fully saturated rings. The molecule has 0 aliphatic carbocycles. The number of anilines is 1. The summed E-state index contributed by atoms with van der Waals surface area (Å²) in [5.41, 5.74) is 0.0518. The molecule has 0 unspecified atom stereocenters. The molecule has 2 aromatic heterocycles. The highest BCUT2D eigenvalue weighted by atomic mass is 19.3. The van der Waals surface area contributed by atoms with Crippen LogP contribution in [-0.2, 0) is 6.54 Å². The smallest absolute Gasteiger partial charge is 0.286 e. The minimum atomic E-state index is -2.79. The van der Waals surface area contributed by atoms with Crippen LogP contribution in [0.3, 0.4) is 0 Å². The molecule has 0 bridgehead atoms. The summed E-state index contributed by atoms with van der Waals surface area (Å²) in [7, 11) is 0. The molecule has 1 amide bonds. The SMILES string of the molecule is CCn1nnc(NC(=O)c2cc(C)n(C(F)F)n2)n1. The predicted molar refractivity (Wildman–Crippen MR) is 59.7 cm³/mol. The molecule has 2 heterocycles. The minimum absolute atomic E-state index is 0.00361. The van der Waals surface area contributed by atoms with Gasteiger partial charge < -0.3 is 0 Å². The molecule has 0 aliphatic heterocycles. The van der Waals surface area contributed by atoms with Crippen molar-refractivity contribution < 1.29 is 13.6 Å². The summed E-state index contributed by atoms with van der Waals surface area (Å²) in [5.74, 6) is -0.672. The first kappa shape index (κ1) is 13.1. The Morgan fingerprint density at radius 1 is 1.47 bits per heavy atom. The minimum Gasteiger partial charge on any atom is -0.286 e. The van der Waals surface area contributed by atoms with Gasteiger partial charge in [-0.3, -0.25) is 10.1 Å². The Labute approximate surface area is 106 Å². The Hall–Kier alpha value is -2.39. The second-order valence-electron chi connectivity index (χ2n) is 3.65. The number of aryl methyl sites for hydroxylation is 2. The predicted octanol–water partition coefficient (Wildman–Crippen LogP) is 0.845. The van der Waals surface area contributed by atoms with E-state index >= 15 is 0 Å². The van der Waals surface area contributed by atoms with Crippen LogP contribution >= 0.6 is 0 Å². The van der Waals surface area contributed by atoms with Crippen LogP contribution in [-0.4, -0.2) is 35.9 Å². The first-order valence-electron chi connectivity index (χ1n) is 5.44. The average Bonchev–Trinajstić information content (AvgIpc) is 2.95. The van der Waals surface area contributed by atoms with Gasteiger partial charge in [0.1, 0.15) is 0 Å². The molecule has 8 nitrogen and oxygen atoms in total. The topological polar surface area (TPSA) is 90.5 Å². The summed E-state index contributed by atoms with van der Waals surface area (Å²) in [6, 6.07) is 1.26. The monoisotopic (exact) mass is 271 g/mol. The lowest BCUT2D eigenvalue weighted by molar-refractivity contribution is 0.0540. The van der Waals surface area contributed by atoms with Crippen molar-refractivity contribution in [3.05, 3.63) is 17.5 Å². The number of tetrazole rings is 1. The van der Waals surface area contributed by atoms with Gasteiger partial charge in [0.15, 0.2) is 5.69 Å². The van der Waals surface area contributed by atoms with E-state index in [4.69, 9.17) is 0 Å². The second kappa shape index (κ2) is 5.08. The third-order valence-corrected chi connectivity index (χ3v) is 2.30. The number of hydrogen-bond acceptors (Lipinski definition) is 5. The number of amides is 1. The first-order valence-corrected chi connectivity index (χ1v) is 5.44. The summed E-state index contributed by atoms with van der Waals surface area (Å²) in [6.45, 7) is 0.949. The molecular formula is C9H11F2N7O. The largest absolute Gasteiger partial charge is 0.333 e. The van der Waals surface area contributed by atoms with Crippen LogP contribution in [0.15, 0.2) is 6.07 Å². The Morgan fingerprint density at radius 3 is 2.74 bits per heavy atom. The van der Waals surface area contributed by atoms with Crippen molar-refractivity contribution in [2.75, 3.05) is 5.32 Å². The van der Waals surface area contributed by atoms with E-state index in [-0.39, 0.29) is 17.3 Å². The second-order valence-corrected chi connectivity index (χ2v) is 3.65. The Kier molecular flexibility index (Phi) is 3.49. The molecule has 0 spiro atoms. The molecule has 102 valence electrons. The van der Waals surface area contributed by atoms with Crippen LogP contribution in [0.2, 0.25) is 0 Å². The van der Waals surface area contributed by atoms with Gasteiger partial charge in [0, 0.05) is 5.69 Å². The standard InChI is InChI=1S/C9H11F2N7O/c1-3-17-15-9(13-16-17)12-7(19)6-4-5(2)18(14-6)8(10)11/h4,8H,3H2,1-2H3,(H,12,15,19). The Morgan fingerprint density at radius 2 is 2.21 bits per heavy atom. The molecule has 0 aliphatic rings. The summed E-state index contributed by atoms with van der Waals surface area (Å²) < 4.78 is 25.5. The van der Waals surface area contributed by atoms with E-state index < -0.39 is 12.5 Å². The van der Waals surface area contributed by atoms with E-state index in [2.05, 4.69) is 25.8 Å². The van der Waals surface area contributed by atoms with Crippen molar-refractivity contribution in [1.82, 2.24) is 30.0 Å². The van der Waals surface area contributed by atoms with Crippen molar-refractivity contribution in [1.29, 1.82) is 0 Å². The highest BCUT2D eigenvalue weighted by Crippen LogP contribution is 2.14. The van der Waals surface area contributed by atoms with Crippen molar-refractivity contribution in [2.45, 2.75) is 26.9 Å². The molecular weight excluding hydrogens is 260 g/mol. The van der Waals surface area contributed by atoms with Gasteiger partial charge in [0.05, 0.1) is 6.54 Å². The van der Waals surface area contributed by atoms with Crippen molar-refractivity contribution in [2.24, 2.45) is 0 Å². The van der Waals surface area contributed by atoms with E-state index in [1.807, 2.05) is 0 Å². The maximum atomic E-state index is 12.5. The molecule has 19 heavy (non-hydrogen) atoms. The van der Waals surface area contributed by atoms with Gasteiger partial charge in [-0.2, -0.15) is 18.7 Å². The van der Waals surface area contributed by atoms with E-state index in [0.717, 1.165) is 0 Å². The van der Waals surface area contributed by atoms with Gasteiger partial charge in [-0.05, 0) is 25.1 Å². The number of nitrogens with zero attached hydrogens (tertiary/aromatic N) is 6. The third kappa shape index (κ3) is 2.72. The van der Waals surface area contributed by atoms with Crippen molar-refractivity contribution >= 4 is 11.9 Å². The van der Waals surface area contributed by atoms with Crippen LogP contribution in [0.5, 0.6) is 0 Å². The maximum Gasteiger partial charge on any atom is 0.333 e. The number of rotatable bonds is 4. The zero-order valence-electron chi connectivity index (χ0n) is 10.2. The van der Waals surface area contributed by atoms with Gasteiger partial charge in [0.2, 0.25) is 0 Å². The number of aromatic nitrogens is 6. The molecule has 1 N–H and O–H groups in total. The highest BCUT2D eigenvalue weighted by Gasteiger charge is 2.18. The summed E-state index contributed by atoms with van der Waals surface area (Å²) in [5, 5.41) is 16.9. The number of carbonyl (C=O) groups excluding carboxylic acids is 1. The van der Waals surface area contributed by atoms with Gasteiger partial charge in [-0.25, -0.2) is 4.68 Å². The summed E-state index contributed by atoms with van der Waals surface area (Å²) in [6.07, 6.45) is 0. The lowest BCUT2D eigenvalue weighted by atomic mass is 10.3. The summed E-state index contributed by atoms with van der Waals surface area (Å²) >= 11 is 0. The quantitative estimate of drug-likeness (QED) is 0.890. The van der Waals surface area contributed by atoms with Crippen LogP contribution in [0.1, 0.15) is 29.7 Å². The van der Waals surface area contributed by atoms with Gasteiger partial charge in [0.25, 0.3) is 11.9 Å². The molecule has 0 saturated heterocycles. The van der Waals surface area contributed by atoms with E-state index in [1.54, 1.807) is 6.92 Å². The number of hydrogen-bond donors (Lipinski definition) is 1. The lowest BCUT2D eigenvalue weighted by Crippen LogP contribution is -2.15. The zero-order chi connectivity index (χ0) is 14.0. The molecule has 0 aromatic carbocycles. The fourth-order valence-electron chi connectivity index (χ4n) is 1.39. The van der Waals surface area contributed by atoms with Crippen molar-refractivity contribution in [3.8, 4) is 0 Å². The highest BCUT2D eigenvalue weighted by molar-refractivity contribution is 6.01. The van der Waals surface area contributed by atoms with Crippen LogP contribution in [0, 0.1) is 6.92 Å². The molecule has 0 radical (unpaired) electrons. The molecule has 2 aromatic rings. The van der Waals surface area contributed by atoms with Gasteiger partial charge in [-0.15, -0.1) is 5.10 Å². The fourth-order valence-corrected chi connectivity index (χ4v) is 1.39. The fraction of sp³-hybridized carbons (Fsp3) is 0.444. The average molecular weight is 271 g/mol. The number of carbonyl (C=O) groups is 1. The van der Waals surface area contributed by atoms with Crippen LogP contribution in [0.25, 0.3) is 0 Å². The number of alkyl halides is 2. The molecule has 0 saturated carbocycles. The van der Waals surface area contributed by atoms with E-state index in [0.29, 0.717) is 11.2 Å². The number of nitrogens with one attached hydrogen (secondary N) is 1. The molecule has 2 rings (SSSR count). The van der Waals surface area contributed by atoms with Gasteiger partial charge in [-0.1, -0.05) is 5.10 Å². The van der Waals surface area contributed by atoms with Crippen molar-refractivity contribution in [3.63, 3.8) is 0 Å².